The van der Waals surface area contributed by atoms with Crippen LogP contribution in [0.25, 0.3) is 0 Å². The van der Waals surface area contributed by atoms with Gasteiger partial charge >= 0.3 is 0 Å². The molecule has 60 valence electrons. The normalized spacial score (nSPS) is 9.70. The summed E-state index contributed by atoms with van der Waals surface area (Å²) in [6, 6.07) is 0. The van der Waals surface area contributed by atoms with Crippen molar-refractivity contribution >= 4 is 30.2 Å². The van der Waals surface area contributed by atoms with Gasteiger partial charge in [0.25, 0.3) is 0 Å². The summed E-state index contributed by atoms with van der Waals surface area (Å²) >= 11 is 8.86. The first-order valence-corrected chi connectivity index (χ1v) is 5.06. The van der Waals surface area contributed by atoms with E-state index in [9.17, 15) is 0 Å². The Kier molecular flexibility index (Phi) is 9.86. The summed E-state index contributed by atoms with van der Waals surface area (Å²) in [4.78, 5) is 0. The van der Waals surface area contributed by atoms with Crippen molar-refractivity contribution in [2.24, 2.45) is 0 Å². The SMILES string of the molecule is S=CCCCCCCCS. The van der Waals surface area contributed by atoms with Crippen LogP contribution in [0.15, 0.2) is 0 Å². The lowest BCUT2D eigenvalue weighted by atomic mass is 10.1. The largest absolute Gasteiger partial charge is 0.179 e. The van der Waals surface area contributed by atoms with E-state index in [1.54, 1.807) is 0 Å². The predicted molar refractivity (Wildman–Crippen MR) is 55.2 cm³/mol. The van der Waals surface area contributed by atoms with Crippen molar-refractivity contribution < 1.29 is 0 Å². The van der Waals surface area contributed by atoms with Crippen LogP contribution < -0.4 is 0 Å². The van der Waals surface area contributed by atoms with Crippen LogP contribution in [0.5, 0.6) is 0 Å². The molecular formula is C8H16S2. The van der Waals surface area contributed by atoms with E-state index in [2.05, 4.69) is 12.6 Å². The molecule has 0 amide bonds. The molecular weight excluding hydrogens is 160 g/mol. The van der Waals surface area contributed by atoms with Crippen molar-refractivity contribution in [3.05, 3.63) is 0 Å². The van der Waals surface area contributed by atoms with Gasteiger partial charge in [0, 0.05) is 0 Å². The third kappa shape index (κ3) is 8.44. The Morgan fingerprint density at radius 1 is 1.00 bits per heavy atom. The predicted octanol–water partition coefficient (Wildman–Crippen LogP) is 3.26. The lowest BCUT2D eigenvalue weighted by Gasteiger charge is -1.96. The summed E-state index contributed by atoms with van der Waals surface area (Å²) < 4.78 is 0. The van der Waals surface area contributed by atoms with E-state index < -0.39 is 0 Å². The first-order chi connectivity index (χ1) is 4.91. The zero-order valence-electron chi connectivity index (χ0n) is 6.38. The van der Waals surface area contributed by atoms with Crippen LogP contribution in [0.3, 0.4) is 0 Å². The minimum atomic E-state index is 1.03. The molecule has 0 aromatic carbocycles. The monoisotopic (exact) mass is 176 g/mol. The molecule has 0 unspecified atom stereocenters. The highest BCUT2D eigenvalue weighted by atomic mass is 32.1. The highest BCUT2D eigenvalue weighted by molar-refractivity contribution is 7.80. The third-order valence-corrected chi connectivity index (χ3v) is 2.03. The Morgan fingerprint density at radius 3 is 2.20 bits per heavy atom. The summed E-state index contributed by atoms with van der Waals surface area (Å²) in [7, 11) is 0. The fourth-order valence-electron chi connectivity index (χ4n) is 0.870. The van der Waals surface area contributed by atoms with Crippen molar-refractivity contribution in [2.45, 2.75) is 38.5 Å². The summed E-state index contributed by atoms with van der Waals surface area (Å²) in [5.41, 5.74) is 0. The summed E-state index contributed by atoms with van der Waals surface area (Å²) in [6.07, 6.45) is 7.67. The Labute approximate surface area is 74.8 Å². The van der Waals surface area contributed by atoms with E-state index in [1.165, 1.54) is 32.1 Å². The minimum Gasteiger partial charge on any atom is -0.179 e. The lowest BCUT2D eigenvalue weighted by molar-refractivity contribution is 0.649. The molecule has 0 saturated heterocycles. The Bertz CT molecular complexity index is 71.7. The van der Waals surface area contributed by atoms with E-state index in [0.717, 1.165) is 12.2 Å². The molecule has 0 heterocycles. The smallest absolute Gasteiger partial charge is 0.00979 e. The summed E-state index contributed by atoms with van der Waals surface area (Å²) in [5.74, 6) is 1.03. The summed E-state index contributed by atoms with van der Waals surface area (Å²) in [5, 5.41) is 1.83. The molecule has 0 spiro atoms. The fraction of sp³-hybridized carbons (Fsp3) is 0.875. The van der Waals surface area contributed by atoms with Gasteiger partial charge in [0.05, 0.1) is 0 Å². The van der Waals surface area contributed by atoms with Gasteiger partial charge in [-0.25, -0.2) is 0 Å². The number of hydrogen-bond donors (Lipinski definition) is 1. The van der Waals surface area contributed by atoms with Crippen molar-refractivity contribution in [1.82, 2.24) is 0 Å². The molecule has 0 rings (SSSR count). The quantitative estimate of drug-likeness (QED) is 0.353. The molecule has 0 aliphatic carbocycles. The average molecular weight is 176 g/mol. The molecule has 0 fully saturated rings. The number of thiol groups is 1. The van der Waals surface area contributed by atoms with E-state index in [0.29, 0.717) is 0 Å². The molecule has 0 aromatic heterocycles. The minimum absolute atomic E-state index is 1.03. The van der Waals surface area contributed by atoms with Gasteiger partial charge in [-0.1, -0.05) is 31.5 Å². The van der Waals surface area contributed by atoms with Crippen molar-refractivity contribution in [1.29, 1.82) is 0 Å². The van der Waals surface area contributed by atoms with Gasteiger partial charge in [-0.05, 0) is 30.4 Å². The topological polar surface area (TPSA) is 0 Å². The van der Waals surface area contributed by atoms with Gasteiger partial charge in [0.15, 0.2) is 0 Å². The van der Waals surface area contributed by atoms with Crippen LogP contribution in [0.4, 0.5) is 0 Å². The van der Waals surface area contributed by atoms with Crippen LogP contribution in [0.1, 0.15) is 38.5 Å². The van der Waals surface area contributed by atoms with E-state index in [1.807, 2.05) is 5.37 Å². The third-order valence-electron chi connectivity index (χ3n) is 1.48. The number of thiocarbonyl (C=S) groups is 1. The molecule has 0 atom stereocenters. The molecule has 0 aliphatic heterocycles. The van der Waals surface area contributed by atoms with E-state index in [4.69, 9.17) is 12.2 Å². The highest BCUT2D eigenvalue weighted by Gasteiger charge is 1.87. The Balaban J connectivity index is 2.70. The molecule has 0 aromatic rings. The first kappa shape index (κ1) is 10.4. The molecule has 0 bridgehead atoms. The number of rotatable bonds is 7. The number of hydrogen-bond acceptors (Lipinski definition) is 2. The molecule has 0 aliphatic rings. The molecule has 0 saturated carbocycles. The van der Waals surface area contributed by atoms with Gasteiger partial charge in [-0.15, -0.1) is 0 Å². The molecule has 0 nitrogen and oxygen atoms in total. The highest BCUT2D eigenvalue weighted by Crippen LogP contribution is 2.04. The summed E-state index contributed by atoms with van der Waals surface area (Å²) in [6.45, 7) is 0. The van der Waals surface area contributed by atoms with Crippen LogP contribution >= 0.6 is 24.8 Å². The number of unbranched alkanes of at least 4 members (excludes halogenated alkanes) is 5. The van der Waals surface area contributed by atoms with Crippen molar-refractivity contribution in [3.63, 3.8) is 0 Å². The van der Waals surface area contributed by atoms with Crippen molar-refractivity contribution in [2.75, 3.05) is 5.75 Å². The van der Waals surface area contributed by atoms with Gasteiger partial charge in [0.1, 0.15) is 0 Å². The second kappa shape index (κ2) is 9.44. The molecule has 2 heteroatoms. The van der Waals surface area contributed by atoms with Gasteiger partial charge in [-0.3, -0.25) is 0 Å². The maximum atomic E-state index is 4.72. The van der Waals surface area contributed by atoms with Crippen LogP contribution in [-0.2, 0) is 0 Å². The average Bonchev–Trinajstić information content (AvgIpc) is 1.97. The maximum Gasteiger partial charge on any atom is -0.00979 e. The van der Waals surface area contributed by atoms with Crippen LogP contribution in [0.2, 0.25) is 0 Å². The van der Waals surface area contributed by atoms with E-state index >= 15 is 0 Å². The fourth-order valence-corrected chi connectivity index (χ4v) is 1.26. The van der Waals surface area contributed by atoms with Crippen LogP contribution in [-0.4, -0.2) is 11.1 Å². The first-order valence-electron chi connectivity index (χ1n) is 3.96. The molecule has 0 radical (unpaired) electrons. The Hall–Kier alpha value is 0.440. The zero-order valence-corrected chi connectivity index (χ0v) is 8.09. The Morgan fingerprint density at radius 2 is 1.60 bits per heavy atom. The zero-order chi connectivity index (χ0) is 7.66. The van der Waals surface area contributed by atoms with Gasteiger partial charge in [-0.2, -0.15) is 12.6 Å². The maximum absolute atomic E-state index is 4.72. The van der Waals surface area contributed by atoms with Gasteiger partial charge < -0.3 is 0 Å². The van der Waals surface area contributed by atoms with Gasteiger partial charge in [0.2, 0.25) is 0 Å². The second-order valence-electron chi connectivity index (χ2n) is 2.45. The van der Waals surface area contributed by atoms with Crippen molar-refractivity contribution in [3.8, 4) is 0 Å². The standard InChI is InChI=1S/C8H16S2/c9-7-5-3-1-2-4-6-8-10/h7,10H,1-6,8H2. The van der Waals surface area contributed by atoms with Crippen LogP contribution in [0, 0.1) is 0 Å². The van der Waals surface area contributed by atoms with E-state index in [-0.39, 0.29) is 0 Å². The second-order valence-corrected chi connectivity index (χ2v) is 3.23. The molecule has 10 heavy (non-hydrogen) atoms. The lowest BCUT2D eigenvalue weighted by Crippen LogP contribution is -1.80. The molecule has 0 N–H and O–H groups in total.